The van der Waals surface area contributed by atoms with E-state index in [9.17, 15) is 9.18 Å². The zero-order valence-electron chi connectivity index (χ0n) is 10.7. The quantitative estimate of drug-likeness (QED) is 0.673. The summed E-state index contributed by atoms with van der Waals surface area (Å²) in [6, 6.07) is 8.18. The lowest BCUT2D eigenvalue weighted by molar-refractivity contribution is 0.112. The van der Waals surface area contributed by atoms with Gasteiger partial charge in [-0.2, -0.15) is 0 Å². The van der Waals surface area contributed by atoms with Crippen molar-refractivity contribution >= 4 is 29.4 Å². The van der Waals surface area contributed by atoms with E-state index in [2.05, 4.69) is 9.97 Å². The summed E-state index contributed by atoms with van der Waals surface area (Å²) >= 11 is 2.83. The second-order valence-electron chi connectivity index (χ2n) is 4.11. The van der Waals surface area contributed by atoms with Crippen molar-refractivity contribution in [1.29, 1.82) is 0 Å². The van der Waals surface area contributed by atoms with Gasteiger partial charge in [-0.25, -0.2) is 9.37 Å². The second kappa shape index (κ2) is 6.15. The Morgan fingerprint density at radius 1 is 1.14 bits per heavy atom. The number of rotatable bonds is 4. The van der Waals surface area contributed by atoms with Crippen LogP contribution < -0.4 is 0 Å². The molecular formula is C15H9FN2OS2. The summed E-state index contributed by atoms with van der Waals surface area (Å²) in [7, 11) is 0. The van der Waals surface area contributed by atoms with Gasteiger partial charge in [-0.3, -0.25) is 9.78 Å². The zero-order valence-corrected chi connectivity index (χ0v) is 12.3. The number of carbonyl (C=O) groups excluding carboxylic acids is 1. The first-order chi connectivity index (χ1) is 10.3. The van der Waals surface area contributed by atoms with Gasteiger partial charge in [0.15, 0.2) is 11.3 Å². The predicted molar refractivity (Wildman–Crippen MR) is 81.3 cm³/mol. The van der Waals surface area contributed by atoms with Gasteiger partial charge in [0.25, 0.3) is 0 Å². The molecule has 0 N–H and O–H groups in total. The molecule has 3 rings (SSSR count). The van der Waals surface area contributed by atoms with Crippen molar-refractivity contribution in [3.05, 3.63) is 59.7 Å². The molecule has 2 heterocycles. The SMILES string of the molecule is O=Cc1ncc(-c2ccncc2Sc2ccc(F)cc2)s1. The fourth-order valence-corrected chi connectivity index (χ4v) is 3.53. The maximum absolute atomic E-state index is 13.0. The lowest BCUT2D eigenvalue weighted by atomic mass is 10.2. The minimum Gasteiger partial charge on any atom is -0.295 e. The van der Waals surface area contributed by atoms with Crippen molar-refractivity contribution in [3.8, 4) is 10.4 Å². The molecule has 0 saturated heterocycles. The molecule has 3 aromatic rings. The molecule has 0 spiro atoms. The molecule has 0 aliphatic carbocycles. The van der Waals surface area contributed by atoms with E-state index in [-0.39, 0.29) is 5.82 Å². The second-order valence-corrected chi connectivity index (χ2v) is 6.29. The van der Waals surface area contributed by atoms with Crippen LogP contribution in [0.4, 0.5) is 4.39 Å². The van der Waals surface area contributed by atoms with Crippen LogP contribution in [-0.2, 0) is 0 Å². The van der Waals surface area contributed by atoms with Crippen LogP contribution in [0.2, 0.25) is 0 Å². The van der Waals surface area contributed by atoms with Crippen LogP contribution in [0.5, 0.6) is 0 Å². The van der Waals surface area contributed by atoms with Crippen molar-refractivity contribution < 1.29 is 9.18 Å². The summed E-state index contributed by atoms with van der Waals surface area (Å²) in [6.07, 6.45) is 5.87. The molecular weight excluding hydrogens is 307 g/mol. The number of hydrogen-bond donors (Lipinski definition) is 0. The minimum absolute atomic E-state index is 0.260. The van der Waals surface area contributed by atoms with Gasteiger partial charge in [0.2, 0.25) is 0 Å². The van der Waals surface area contributed by atoms with E-state index in [4.69, 9.17) is 0 Å². The van der Waals surface area contributed by atoms with Crippen LogP contribution in [0.15, 0.2) is 58.7 Å². The molecule has 0 saturated carbocycles. The van der Waals surface area contributed by atoms with Crippen LogP contribution in [0.25, 0.3) is 10.4 Å². The number of aldehydes is 1. The highest BCUT2D eigenvalue weighted by molar-refractivity contribution is 7.99. The Morgan fingerprint density at radius 3 is 2.67 bits per heavy atom. The van der Waals surface area contributed by atoms with E-state index in [0.29, 0.717) is 5.01 Å². The van der Waals surface area contributed by atoms with Crippen molar-refractivity contribution in [3.63, 3.8) is 0 Å². The molecule has 0 fully saturated rings. The molecule has 3 nitrogen and oxygen atoms in total. The third-order valence-electron chi connectivity index (χ3n) is 2.72. The molecule has 0 atom stereocenters. The number of aromatic nitrogens is 2. The highest BCUT2D eigenvalue weighted by Crippen LogP contribution is 2.37. The number of halogens is 1. The Bertz CT molecular complexity index is 771. The van der Waals surface area contributed by atoms with Crippen LogP contribution in [0.3, 0.4) is 0 Å². The number of hydrogen-bond acceptors (Lipinski definition) is 5. The van der Waals surface area contributed by atoms with E-state index in [1.807, 2.05) is 6.07 Å². The van der Waals surface area contributed by atoms with Gasteiger partial charge in [-0.1, -0.05) is 11.8 Å². The van der Waals surface area contributed by atoms with Gasteiger partial charge < -0.3 is 0 Å². The Morgan fingerprint density at radius 2 is 1.95 bits per heavy atom. The fraction of sp³-hybridized carbons (Fsp3) is 0. The van der Waals surface area contributed by atoms with Gasteiger partial charge in [0.1, 0.15) is 5.82 Å². The first-order valence-corrected chi connectivity index (χ1v) is 7.68. The standard InChI is InChI=1S/C15H9FN2OS2/c16-10-1-3-11(4-2-10)20-13-7-17-6-5-12(13)14-8-18-15(9-19)21-14/h1-9H. The largest absolute Gasteiger partial charge is 0.295 e. The molecule has 0 amide bonds. The topological polar surface area (TPSA) is 42.9 Å². The Labute approximate surface area is 128 Å². The van der Waals surface area contributed by atoms with Crippen molar-refractivity contribution in [2.75, 3.05) is 0 Å². The third kappa shape index (κ3) is 3.17. The number of benzene rings is 1. The van der Waals surface area contributed by atoms with E-state index in [1.54, 1.807) is 30.7 Å². The third-order valence-corrected chi connectivity index (χ3v) is 4.72. The van der Waals surface area contributed by atoms with E-state index in [1.165, 1.54) is 35.2 Å². The molecule has 21 heavy (non-hydrogen) atoms. The van der Waals surface area contributed by atoms with Crippen molar-refractivity contribution in [1.82, 2.24) is 9.97 Å². The molecule has 2 aromatic heterocycles. The van der Waals surface area contributed by atoms with Crippen molar-refractivity contribution in [2.24, 2.45) is 0 Å². The molecule has 1 aromatic carbocycles. The Balaban J connectivity index is 1.95. The number of pyridine rings is 1. The molecule has 0 radical (unpaired) electrons. The maximum atomic E-state index is 13.0. The average molecular weight is 316 g/mol. The number of thiazole rings is 1. The molecule has 0 aliphatic heterocycles. The predicted octanol–water partition coefficient (Wildman–Crippen LogP) is 4.31. The Hall–Kier alpha value is -2.05. The maximum Gasteiger partial charge on any atom is 0.178 e. The summed E-state index contributed by atoms with van der Waals surface area (Å²) in [5, 5.41) is 0.444. The van der Waals surface area contributed by atoms with Crippen molar-refractivity contribution in [2.45, 2.75) is 9.79 Å². The number of carbonyl (C=O) groups is 1. The molecule has 0 aliphatic rings. The van der Waals surface area contributed by atoms with Gasteiger partial charge in [0.05, 0.1) is 4.88 Å². The first kappa shape index (κ1) is 13.9. The Kier molecular flexibility index (Phi) is 4.08. The molecule has 104 valence electrons. The van der Waals surface area contributed by atoms with E-state index >= 15 is 0 Å². The lowest BCUT2D eigenvalue weighted by Crippen LogP contribution is -1.82. The molecule has 6 heteroatoms. The van der Waals surface area contributed by atoms with Gasteiger partial charge >= 0.3 is 0 Å². The smallest absolute Gasteiger partial charge is 0.178 e. The summed E-state index contributed by atoms with van der Waals surface area (Å²) in [5.74, 6) is -0.260. The summed E-state index contributed by atoms with van der Waals surface area (Å²) in [4.78, 5) is 21.7. The van der Waals surface area contributed by atoms with E-state index < -0.39 is 0 Å². The highest BCUT2D eigenvalue weighted by Gasteiger charge is 2.10. The van der Waals surface area contributed by atoms with Gasteiger partial charge in [0, 0.05) is 33.9 Å². The first-order valence-electron chi connectivity index (χ1n) is 6.05. The highest BCUT2D eigenvalue weighted by atomic mass is 32.2. The zero-order chi connectivity index (χ0) is 14.7. The van der Waals surface area contributed by atoms with Crippen LogP contribution in [-0.4, -0.2) is 16.3 Å². The summed E-state index contributed by atoms with van der Waals surface area (Å²) in [5.41, 5.74) is 0.963. The summed E-state index contributed by atoms with van der Waals surface area (Å²) < 4.78 is 13.0. The van der Waals surface area contributed by atoms with Crippen LogP contribution in [0.1, 0.15) is 9.80 Å². The van der Waals surface area contributed by atoms with Crippen LogP contribution >= 0.6 is 23.1 Å². The summed E-state index contributed by atoms with van der Waals surface area (Å²) in [6.45, 7) is 0. The fourth-order valence-electron chi connectivity index (χ4n) is 1.76. The van der Waals surface area contributed by atoms with E-state index in [0.717, 1.165) is 26.5 Å². The lowest BCUT2D eigenvalue weighted by Gasteiger charge is -2.06. The molecule has 0 unspecified atom stereocenters. The normalized spacial score (nSPS) is 10.5. The van der Waals surface area contributed by atoms with Gasteiger partial charge in [-0.05, 0) is 30.3 Å². The van der Waals surface area contributed by atoms with Gasteiger partial charge in [-0.15, -0.1) is 11.3 Å². The number of nitrogens with zero attached hydrogens (tertiary/aromatic N) is 2. The monoisotopic (exact) mass is 316 g/mol. The average Bonchev–Trinajstić information content (AvgIpc) is 2.99. The van der Waals surface area contributed by atoms with Crippen LogP contribution in [0, 0.1) is 5.82 Å². The molecule has 0 bridgehead atoms. The minimum atomic E-state index is -0.260.